The van der Waals surface area contributed by atoms with Gasteiger partial charge >= 0.3 is 0 Å². The lowest BCUT2D eigenvalue weighted by Gasteiger charge is -2.27. The number of ether oxygens (including phenoxy) is 3. The quantitative estimate of drug-likeness (QED) is 0.400. The van der Waals surface area contributed by atoms with E-state index in [0.29, 0.717) is 13.2 Å². The molecule has 0 fully saturated rings. The monoisotopic (exact) mass is 265 g/mol. The SMILES string of the molecule is CC[N+](C)(C)CCOCCOC.COCC(=O)[O-]. The summed E-state index contributed by atoms with van der Waals surface area (Å²) in [5, 5.41) is 9.36. The molecule has 0 atom stereocenters. The molecule has 0 saturated heterocycles. The molecule has 0 rings (SSSR count). The summed E-state index contributed by atoms with van der Waals surface area (Å²) in [6.07, 6.45) is 0. The summed E-state index contributed by atoms with van der Waals surface area (Å²) in [6, 6.07) is 0. The summed E-state index contributed by atoms with van der Waals surface area (Å²) < 4.78 is 15.4. The Balaban J connectivity index is 0. The molecule has 0 aliphatic rings. The summed E-state index contributed by atoms with van der Waals surface area (Å²) >= 11 is 0. The molecule has 0 aromatic carbocycles. The predicted octanol–water partition coefficient (Wildman–Crippen LogP) is -0.872. The number of methoxy groups -OCH3 is 2. The van der Waals surface area contributed by atoms with Gasteiger partial charge in [0.2, 0.25) is 0 Å². The number of hydrogen-bond acceptors (Lipinski definition) is 5. The number of carboxylic acid groups (broad SMARTS) is 1. The predicted molar refractivity (Wildman–Crippen MR) is 67.1 cm³/mol. The Morgan fingerprint density at radius 1 is 1.11 bits per heavy atom. The Bertz CT molecular complexity index is 197. The maximum atomic E-state index is 9.36. The molecule has 0 heterocycles. The van der Waals surface area contributed by atoms with Gasteiger partial charge in [0.1, 0.15) is 6.54 Å². The number of rotatable bonds is 9. The summed E-state index contributed by atoms with van der Waals surface area (Å²) in [5.41, 5.74) is 0. The molecule has 6 heteroatoms. The minimum Gasteiger partial charge on any atom is -0.548 e. The summed E-state index contributed by atoms with van der Waals surface area (Å²) in [5.74, 6) is -1.18. The van der Waals surface area contributed by atoms with Crippen LogP contribution in [0, 0.1) is 0 Å². The Morgan fingerprint density at radius 2 is 1.72 bits per heavy atom. The van der Waals surface area contributed by atoms with Crippen LogP contribution in [0.1, 0.15) is 6.92 Å². The largest absolute Gasteiger partial charge is 0.548 e. The van der Waals surface area contributed by atoms with Crippen LogP contribution in [-0.2, 0) is 19.0 Å². The van der Waals surface area contributed by atoms with Crippen LogP contribution >= 0.6 is 0 Å². The van der Waals surface area contributed by atoms with E-state index in [-0.39, 0.29) is 6.61 Å². The van der Waals surface area contributed by atoms with Crippen LogP contribution in [0.15, 0.2) is 0 Å². The molecule has 0 saturated carbocycles. The highest BCUT2D eigenvalue weighted by Gasteiger charge is 2.10. The summed E-state index contributed by atoms with van der Waals surface area (Å²) in [7, 11) is 7.41. The zero-order valence-electron chi connectivity index (χ0n) is 12.2. The molecule has 0 aromatic heterocycles. The molecular formula is C12H27NO5. The minimum absolute atomic E-state index is 0.319. The van der Waals surface area contributed by atoms with Crippen molar-refractivity contribution in [2.75, 3.05) is 67.8 Å². The number of carbonyl (C=O) groups excluding carboxylic acids is 1. The highest BCUT2D eigenvalue weighted by atomic mass is 16.5. The van der Waals surface area contributed by atoms with Gasteiger partial charge in [-0.25, -0.2) is 0 Å². The lowest BCUT2D eigenvalue weighted by molar-refractivity contribution is -0.888. The first-order valence-electron chi connectivity index (χ1n) is 5.97. The lowest BCUT2D eigenvalue weighted by Crippen LogP contribution is -2.42. The molecule has 0 aliphatic heterocycles. The van der Waals surface area contributed by atoms with Crippen molar-refractivity contribution in [3.63, 3.8) is 0 Å². The third-order valence-electron chi connectivity index (χ3n) is 2.39. The highest BCUT2D eigenvalue weighted by Crippen LogP contribution is 1.94. The average Bonchev–Trinajstić information content (AvgIpc) is 2.29. The van der Waals surface area contributed by atoms with E-state index in [4.69, 9.17) is 9.47 Å². The standard InChI is InChI=1S/C9H22NO2.C3H6O3/c1-5-10(2,3)6-7-12-9-8-11-4;1-6-2-3(4)5/h5-9H2,1-4H3;2H2,1H3,(H,4,5)/q+1;/p-1. The van der Waals surface area contributed by atoms with E-state index in [9.17, 15) is 9.90 Å². The van der Waals surface area contributed by atoms with Crippen molar-refractivity contribution >= 4 is 5.97 Å². The van der Waals surface area contributed by atoms with E-state index >= 15 is 0 Å². The van der Waals surface area contributed by atoms with E-state index < -0.39 is 5.97 Å². The van der Waals surface area contributed by atoms with Gasteiger partial charge in [0.05, 0.1) is 53.0 Å². The number of aliphatic carboxylic acids is 1. The maximum absolute atomic E-state index is 9.36. The third kappa shape index (κ3) is 17.7. The van der Waals surface area contributed by atoms with Gasteiger partial charge in [0, 0.05) is 14.2 Å². The van der Waals surface area contributed by atoms with Crippen LogP contribution in [0.3, 0.4) is 0 Å². The fourth-order valence-corrected chi connectivity index (χ4v) is 0.832. The van der Waals surface area contributed by atoms with E-state index in [1.165, 1.54) is 7.11 Å². The number of likely N-dealkylation sites (N-methyl/N-ethyl adjacent to an activating group) is 1. The van der Waals surface area contributed by atoms with Crippen LogP contribution in [0.25, 0.3) is 0 Å². The zero-order chi connectivity index (χ0) is 14.4. The average molecular weight is 265 g/mol. The van der Waals surface area contributed by atoms with E-state index in [1.54, 1.807) is 7.11 Å². The number of quaternary nitrogens is 1. The maximum Gasteiger partial charge on any atom is 0.102 e. The molecule has 18 heavy (non-hydrogen) atoms. The van der Waals surface area contributed by atoms with Gasteiger partial charge < -0.3 is 28.6 Å². The Hall–Kier alpha value is -0.690. The third-order valence-corrected chi connectivity index (χ3v) is 2.39. The van der Waals surface area contributed by atoms with Crippen molar-refractivity contribution < 1.29 is 28.6 Å². The van der Waals surface area contributed by atoms with Crippen LogP contribution in [-0.4, -0.2) is 78.3 Å². The van der Waals surface area contributed by atoms with Gasteiger partial charge in [-0.15, -0.1) is 0 Å². The van der Waals surface area contributed by atoms with Gasteiger partial charge in [-0.3, -0.25) is 0 Å². The topological polar surface area (TPSA) is 67.8 Å². The van der Waals surface area contributed by atoms with Gasteiger partial charge in [-0.1, -0.05) is 0 Å². The first-order chi connectivity index (χ1) is 8.39. The number of hydrogen-bond donors (Lipinski definition) is 0. The number of carboxylic acids is 1. The normalized spacial score (nSPS) is 10.7. The molecular weight excluding hydrogens is 238 g/mol. The Kier molecular flexibility index (Phi) is 13.9. The second kappa shape index (κ2) is 12.8. The molecule has 0 bridgehead atoms. The van der Waals surface area contributed by atoms with E-state index in [2.05, 4.69) is 25.8 Å². The van der Waals surface area contributed by atoms with Crippen molar-refractivity contribution in [1.82, 2.24) is 0 Å². The van der Waals surface area contributed by atoms with Crippen molar-refractivity contribution in [1.29, 1.82) is 0 Å². The lowest BCUT2D eigenvalue weighted by atomic mass is 10.4. The summed E-state index contributed by atoms with van der Waals surface area (Å²) in [6.45, 7) is 6.31. The van der Waals surface area contributed by atoms with Crippen molar-refractivity contribution in [3.05, 3.63) is 0 Å². The van der Waals surface area contributed by atoms with Gasteiger partial charge in [-0.2, -0.15) is 0 Å². The number of nitrogens with zero attached hydrogens (tertiary/aromatic N) is 1. The fraction of sp³-hybridized carbons (Fsp3) is 0.917. The van der Waals surface area contributed by atoms with Gasteiger partial charge in [0.25, 0.3) is 0 Å². The summed E-state index contributed by atoms with van der Waals surface area (Å²) in [4.78, 5) is 9.36. The van der Waals surface area contributed by atoms with E-state index in [1.807, 2.05) is 0 Å². The van der Waals surface area contributed by atoms with Crippen molar-refractivity contribution in [3.8, 4) is 0 Å². The molecule has 0 N–H and O–H groups in total. The molecule has 0 aliphatic carbocycles. The van der Waals surface area contributed by atoms with Gasteiger partial charge in [-0.05, 0) is 6.92 Å². The number of carbonyl (C=O) groups is 1. The van der Waals surface area contributed by atoms with Crippen LogP contribution in [0.2, 0.25) is 0 Å². The molecule has 0 radical (unpaired) electrons. The first kappa shape index (κ1) is 19.6. The van der Waals surface area contributed by atoms with E-state index in [0.717, 1.165) is 24.2 Å². The van der Waals surface area contributed by atoms with Crippen LogP contribution in [0.4, 0.5) is 0 Å². The molecule has 0 aromatic rings. The second-order valence-corrected chi connectivity index (χ2v) is 4.39. The first-order valence-corrected chi connectivity index (χ1v) is 5.97. The smallest absolute Gasteiger partial charge is 0.102 e. The molecule has 0 spiro atoms. The molecule has 110 valence electrons. The highest BCUT2D eigenvalue weighted by molar-refractivity contribution is 5.65. The van der Waals surface area contributed by atoms with Crippen molar-refractivity contribution in [2.45, 2.75) is 6.92 Å². The van der Waals surface area contributed by atoms with Crippen LogP contribution < -0.4 is 5.11 Å². The van der Waals surface area contributed by atoms with Gasteiger partial charge in [0.15, 0.2) is 0 Å². The Labute approximate surface area is 110 Å². The molecule has 6 nitrogen and oxygen atoms in total. The second-order valence-electron chi connectivity index (χ2n) is 4.39. The molecule has 0 amide bonds. The Morgan fingerprint density at radius 3 is 2.06 bits per heavy atom. The minimum atomic E-state index is -1.18. The zero-order valence-corrected chi connectivity index (χ0v) is 12.2. The van der Waals surface area contributed by atoms with Crippen molar-refractivity contribution in [2.24, 2.45) is 0 Å². The molecule has 0 unspecified atom stereocenters. The van der Waals surface area contributed by atoms with Crippen LogP contribution in [0.5, 0.6) is 0 Å². The fourth-order valence-electron chi connectivity index (χ4n) is 0.832.